The van der Waals surface area contributed by atoms with Crippen LogP contribution in [0.25, 0.3) is 0 Å². The van der Waals surface area contributed by atoms with Gasteiger partial charge in [0, 0.05) is 18.7 Å². The molecule has 0 aliphatic carbocycles. The van der Waals surface area contributed by atoms with E-state index >= 15 is 0 Å². The first-order valence-corrected chi connectivity index (χ1v) is 6.59. The molecule has 0 saturated heterocycles. The number of halogens is 1. The summed E-state index contributed by atoms with van der Waals surface area (Å²) in [7, 11) is 0. The molecule has 0 saturated carbocycles. The zero-order chi connectivity index (χ0) is 14.4. The van der Waals surface area contributed by atoms with E-state index < -0.39 is 0 Å². The summed E-state index contributed by atoms with van der Waals surface area (Å²) >= 11 is 5.68. The molecular formula is C14H15ClN4O. The fraction of sp³-hybridized carbons (Fsp3) is 0.214. The van der Waals surface area contributed by atoms with Gasteiger partial charge in [-0.3, -0.25) is 4.79 Å². The Hall–Kier alpha value is -2.14. The highest BCUT2D eigenvalue weighted by molar-refractivity contribution is 6.30. The summed E-state index contributed by atoms with van der Waals surface area (Å²) in [6.45, 7) is 3.01. The number of carbonyl (C=O) groups is 1. The number of carbonyl (C=O) groups excluding carboxylic acids is 1. The van der Waals surface area contributed by atoms with E-state index in [0.717, 1.165) is 5.56 Å². The molecule has 0 fully saturated rings. The lowest BCUT2D eigenvalue weighted by molar-refractivity contribution is 0.0955. The Balaban J connectivity index is 1.74. The SMILES string of the molecule is Cc1ccc(C(=O)NCCNc2ncc(Cl)cn2)cc1. The van der Waals surface area contributed by atoms with Crippen molar-refractivity contribution in [1.29, 1.82) is 0 Å². The fourth-order valence-corrected chi connectivity index (χ4v) is 1.66. The smallest absolute Gasteiger partial charge is 0.251 e. The maximum absolute atomic E-state index is 11.8. The molecule has 2 N–H and O–H groups in total. The first kappa shape index (κ1) is 14.3. The van der Waals surface area contributed by atoms with E-state index in [1.54, 1.807) is 12.1 Å². The largest absolute Gasteiger partial charge is 0.352 e. The molecule has 0 radical (unpaired) electrons. The fourth-order valence-electron chi connectivity index (χ4n) is 1.56. The molecule has 2 aromatic rings. The molecule has 1 aromatic heterocycles. The minimum atomic E-state index is -0.0937. The van der Waals surface area contributed by atoms with E-state index in [1.165, 1.54) is 12.4 Å². The second kappa shape index (κ2) is 6.86. The summed E-state index contributed by atoms with van der Waals surface area (Å²) in [5, 5.41) is 6.30. The maximum Gasteiger partial charge on any atom is 0.251 e. The summed E-state index contributed by atoms with van der Waals surface area (Å²) in [6, 6.07) is 7.43. The number of hydrogen-bond donors (Lipinski definition) is 2. The second-order valence-corrected chi connectivity index (χ2v) is 4.71. The lowest BCUT2D eigenvalue weighted by Gasteiger charge is -2.07. The van der Waals surface area contributed by atoms with Crippen molar-refractivity contribution in [3.63, 3.8) is 0 Å². The van der Waals surface area contributed by atoms with Crippen molar-refractivity contribution in [2.24, 2.45) is 0 Å². The monoisotopic (exact) mass is 290 g/mol. The molecule has 0 aliphatic heterocycles. The van der Waals surface area contributed by atoms with Gasteiger partial charge in [0.05, 0.1) is 17.4 Å². The van der Waals surface area contributed by atoms with E-state index in [-0.39, 0.29) is 5.91 Å². The van der Waals surface area contributed by atoms with Gasteiger partial charge >= 0.3 is 0 Å². The quantitative estimate of drug-likeness (QED) is 0.829. The number of anilines is 1. The van der Waals surface area contributed by atoms with Crippen molar-refractivity contribution in [1.82, 2.24) is 15.3 Å². The van der Waals surface area contributed by atoms with E-state index in [2.05, 4.69) is 20.6 Å². The molecule has 2 rings (SSSR count). The lowest BCUT2D eigenvalue weighted by atomic mass is 10.1. The molecule has 0 unspecified atom stereocenters. The third-order valence-electron chi connectivity index (χ3n) is 2.63. The molecule has 0 bridgehead atoms. The lowest BCUT2D eigenvalue weighted by Crippen LogP contribution is -2.29. The number of aromatic nitrogens is 2. The van der Waals surface area contributed by atoms with Crippen LogP contribution in [0.15, 0.2) is 36.7 Å². The summed E-state index contributed by atoms with van der Waals surface area (Å²) < 4.78 is 0. The Morgan fingerprint density at radius 1 is 1.15 bits per heavy atom. The second-order valence-electron chi connectivity index (χ2n) is 4.27. The zero-order valence-corrected chi connectivity index (χ0v) is 11.8. The van der Waals surface area contributed by atoms with Crippen LogP contribution in [0.2, 0.25) is 5.02 Å². The van der Waals surface area contributed by atoms with Crippen LogP contribution in [-0.2, 0) is 0 Å². The van der Waals surface area contributed by atoms with Gasteiger partial charge in [-0.2, -0.15) is 0 Å². The molecule has 5 nitrogen and oxygen atoms in total. The van der Waals surface area contributed by atoms with Crippen LogP contribution in [0.4, 0.5) is 5.95 Å². The van der Waals surface area contributed by atoms with Gasteiger partial charge in [-0.05, 0) is 19.1 Å². The number of hydrogen-bond acceptors (Lipinski definition) is 4. The summed E-state index contributed by atoms with van der Waals surface area (Å²) in [5.74, 6) is 0.391. The van der Waals surface area contributed by atoms with Crippen molar-refractivity contribution >= 4 is 23.5 Å². The summed E-state index contributed by atoms with van der Waals surface area (Å²) in [5.41, 5.74) is 1.78. The average Bonchev–Trinajstić information content (AvgIpc) is 2.46. The molecule has 1 amide bonds. The normalized spacial score (nSPS) is 10.1. The van der Waals surface area contributed by atoms with Gasteiger partial charge in [0.2, 0.25) is 5.95 Å². The Morgan fingerprint density at radius 3 is 2.45 bits per heavy atom. The molecule has 104 valence electrons. The number of amides is 1. The minimum Gasteiger partial charge on any atom is -0.352 e. The predicted octanol–water partition coefficient (Wildman–Crippen LogP) is 2.28. The van der Waals surface area contributed by atoms with Crippen molar-refractivity contribution in [3.8, 4) is 0 Å². The van der Waals surface area contributed by atoms with Crippen LogP contribution in [0.5, 0.6) is 0 Å². The van der Waals surface area contributed by atoms with Gasteiger partial charge < -0.3 is 10.6 Å². The minimum absolute atomic E-state index is 0.0937. The summed E-state index contributed by atoms with van der Waals surface area (Å²) in [6.07, 6.45) is 3.03. The maximum atomic E-state index is 11.8. The van der Waals surface area contributed by atoms with E-state index in [4.69, 9.17) is 11.6 Å². The number of nitrogens with zero attached hydrogens (tertiary/aromatic N) is 2. The number of rotatable bonds is 5. The number of aryl methyl sites for hydroxylation is 1. The first-order valence-electron chi connectivity index (χ1n) is 6.21. The molecule has 20 heavy (non-hydrogen) atoms. The van der Waals surface area contributed by atoms with Crippen molar-refractivity contribution < 1.29 is 4.79 Å². The molecule has 1 aromatic carbocycles. The van der Waals surface area contributed by atoms with Crippen LogP contribution < -0.4 is 10.6 Å². The van der Waals surface area contributed by atoms with Crippen LogP contribution >= 0.6 is 11.6 Å². The highest BCUT2D eigenvalue weighted by Gasteiger charge is 2.03. The number of benzene rings is 1. The topological polar surface area (TPSA) is 66.9 Å². The van der Waals surface area contributed by atoms with Crippen molar-refractivity contribution in [3.05, 3.63) is 52.8 Å². The Labute approximate surface area is 122 Å². The van der Waals surface area contributed by atoms with E-state index in [1.807, 2.05) is 19.1 Å². The van der Waals surface area contributed by atoms with E-state index in [9.17, 15) is 4.79 Å². The Bertz CT molecular complexity index is 569. The van der Waals surface area contributed by atoms with Crippen LogP contribution in [0, 0.1) is 6.92 Å². The molecule has 0 spiro atoms. The van der Waals surface area contributed by atoms with Crippen molar-refractivity contribution in [2.45, 2.75) is 6.92 Å². The van der Waals surface area contributed by atoms with Crippen LogP contribution in [0.1, 0.15) is 15.9 Å². The summed E-state index contributed by atoms with van der Waals surface area (Å²) in [4.78, 5) is 19.8. The van der Waals surface area contributed by atoms with Gasteiger partial charge in [0.25, 0.3) is 5.91 Å². The van der Waals surface area contributed by atoms with E-state index in [0.29, 0.717) is 29.6 Å². The molecule has 1 heterocycles. The van der Waals surface area contributed by atoms with Gasteiger partial charge in [-0.1, -0.05) is 29.3 Å². The third kappa shape index (κ3) is 4.20. The Kier molecular flexibility index (Phi) is 4.90. The highest BCUT2D eigenvalue weighted by Crippen LogP contribution is 2.05. The van der Waals surface area contributed by atoms with Gasteiger partial charge in [0.15, 0.2) is 0 Å². The predicted molar refractivity (Wildman–Crippen MR) is 79.0 cm³/mol. The third-order valence-corrected chi connectivity index (χ3v) is 2.82. The molecule has 0 atom stereocenters. The van der Waals surface area contributed by atoms with Crippen LogP contribution in [-0.4, -0.2) is 29.0 Å². The van der Waals surface area contributed by atoms with Crippen LogP contribution in [0.3, 0.4) is 0 Å². The molecule has 0 aliphatic rings. The highest BCUT2D eigenvalue weighted by atomic mass is 35.5. The standard InChI is InChI=1S/C14H15ClN4O/c1-10-2-4-11(5-3-10)13(20)16-6-7-17-14-18-8-12(15)9-19-14/h2-5,8-9H,6-7H2,1H3,(H,16,20)(H,17,18,19). The molecular weight excluding hydrogens is 276 g/mol. The Morgan fingerprint density at radius 2 is 1.80 bits per heavy atom. The number of nitrogens with one attached hydrogen (secondary N) is 2. The van der Waals surface area contributed by atoms with Crippen molar-refractivity contribution in [2.75, 3.05) is 18.4 Å². The van der Waals surface area contributed by atoms with Gasteiger partial charge in [-0.15, -0.1) is 0 Å². The van der Waals surface area contributed by atoms with Gasteiger partial charge in [0.1, 0.15) is 0 Å². The average molecular weight is 291 g/mol. The van der Waals surface area contributed by atoms with Gasteiger partial charge in [-0.25, -0.2) is 9.97 Å². The first-order chi connectivity index (χ1) is 9.65. The molecule has 6 heteroatoms. The zero-order valence-electron chi connectivity index (χ0n) is 11.1.